The summed E-state index contributed by atoms with van der Waals surface area (Å²) in [4.78, 5) is 21.0. The Morgan fingerprint density at radius 1 is 0.943 bits per heavy atom. The normalized spacial score (nSPS) is 10.9. The maximum absolute atomic E-state index is 12.3. The van der Waals surface area contributed by atoms with Gasteiger partial charge in [-0.2, -0.15) is 5.10 Å². The fourth-order valence-corrected chi connectivity index (χ4v) is 3.53. The number of pyridine rings is 2. The van der Waals surface area contributed by atoms with E-state index in [1.807, 2.05) is 42.6 Å². The van der Waals surface area contributed by atoms with Crippen LogP contribution in [0, 0.1) is 6.92 Å². The number of aromatic nitrogens is 5. The Bertz CT molecular complexity index is 1510. The summed E-state index contributed by atoms with van der Waals surface area (Å²) in [6, 6.07) is 15.1. The fraction of sp³-hybridized carbons (Fsp3) is 0.154. The van der Waals surface area contributed by atoms with Crippen LogP contribution in [-0.2, 0) is 13.2 Å². The van der Waals surface area contributed by atoms with E-state index in [0.717, 1.165) is 16.8 Å². The largest absolute Gasteiger partial charge is 0.491 e. The third-order valence-corrected chi connectivity index (χ3v) is 5.43. The van der Waals surface area contributed by atoms with Crippen molar-refractivity contribution in [2.24, 2.45) is 0 Å². The molecule has 176 valence electrons. The van der Waals surface area contributed by atoms with Crippen molar-refractivity contribution in [2.45, 2.75) is 20.1 Å². The van der Waals surface area contributed by atoms with Gasteiger partial charge in [-0.1, -0.05) is 12.1 Å². The molecule has 0 aliphatic carbocycles. The quantitative estimate of drug-likeness (QED) is 0.342. The van der Waals surface area contributed by atoms with E-state index >= 15 is 0 Å². The number of fused-ring (bicyclic) bond motifs is 1. The lowest BCUT2D eigenvalue weighted by molar-refractivity contribution is 0.269. The number of hydrogen-bond donors (Lipinski definition) is 0. The number of methoxy groups -OCH3 is 1. The highest BCUT2D eigenvalue weighted by Gasteiger charge is 2.10. The second-order valence-electron chi connectivity index (χ2n) is 7.88. The Balaban J connectivity index is 1.24. The van der Waals surface area contributed by atoms with E-state index in [2.05, 4.69) is 15.1 Å². The summed E-state index contributed by atoms with van der Waals surface area (Å²) in [6.07, 6.45) is 8.51. The molecule has 0 unspecified atom stereocenters. The third kappa shape index (κ3) is 4.84. The zero-order valence-electron chi connectivity index (χ0n) is 19.3. The van der Waals surface area contributed by atoms with Crippen LogP contribution in [0.25, 0.3) is 11.3 Å². The summed E-state index contributed by atoms with van der Waals surface area (Å²) < 4.78 is 20.5. The number of benzene rings is 1. The highest BCUT2D eigenvalue weighted by molar-refractivity contribution is 5.42. The van der Waals surface area contributed by atoms with Crippen LogP contribution in [0.4, 0.5) is 0 Å². The molecule has 0 fully saturated rings. The number of rotatable bonds is 8. The molecule has 0 N–H and O–H groups in total. The van der Waals surface area contributed by atoms with Gasteiger partial charge >= 0.3 is 0 Å². The molecule has 0 saturated heterocycles. The van der Waals surface area contributed by atoms with Crippen LogP contribution in [0.2, 0.25) is 0 Å². The van der Waals surface area contributed by atoms with Crippen molar-refractivity contribution >= 4 is 5.65 Å². The van der Waals surface area contributed by atoms with Gasteiger partial charge in [-0.25, -0.2) is 14.6 Å². The van der Waals surface area contributed by atoms with Crippen molar-refractivity contribution in [2.75, 3.05) is 7.11 Å². The van der Waals surface area contributed by atoms with Gasteiger partial charge in [0.2, 0.25) is 0 Å². The van der Waals surface area contributed by atoms with E-state index in [4.69, 9.17) is 14.2 Å². The lowest BCUT2D eigenvalue weighted by Gasteiger charge is -2.12. The Hall–Kier alpha value is -4.66. The van der Waals surface area contributed by atoms with Gasteiger partial charge in [0, 0.05) is 35.9 Å². The Labute approximate surface area is 201 Å². The summed E-state index contributed by atoms with van der Waals surface area (Å²) in [5.74, 6) is 1.45. The van der Waals surface area contributed by atoms with Crippen LogP contribution in [0.15, 0.2) is 84.3 Å². The second-order valence-corrected chi connectivity index (χ2v) is 7.88. The fourth-order valence-electron chi connectivity index (χ4n) is 3.53. The molecule has 0 radical (unpaired) electrons. The number of ether oxygens (including phenoxy) is 3. The monoisotopic (exact) mass is 469 g/mol. The van der Waals surface area contributed by atoms with Crippen molar-refractivity contribution in [1.82, 2.24) is 24.1 Å². The maximum Gasteiger partial charge on any atom is 0.260 e. The molecule has 0 aliphatic rings. The van der Waals surface area contributed by atoms with E-state index in [0.29, 0.717) is 35.2 Å². The average molecular weight is 470 g/mol. The van der Waals surface area contributed by atoms with E-state index in [-0.39, 0.29) is 12.2 Å². The molecule has 0 bridgehead atoms. The molecule has 0 aliphatic heterocycles. The van der Waals surface area contributed by atoms with Crippen LogP contribution in [0.1, 0.15) is 16.7 Å². The standard InChI is InChI=1S/C26H23N5O4/c1-18-13-27-24-9-8-22(15-30(24)26(18)32)34-17-20-12-23(33-2)25(28-14-20)35-16-19-4-6-21(7-5-19)31-11-3-10-29-31/h3-15H,16-17H2,1-2H3. The Morgan fingerprint density at radius 2 is 1.77 bits per heavy atom. The molecule has 1 aromatic carbocycles. The second kappa shape index (κ2) is 9.68. The SMILES string of the molecule is COc1cc(COc2ccc3ncc(C)c(=O)n3c2)cnc1OCc1ccc(-n2cccn2)cc1. The third-order valence-electron chi connectivity index (χ3n) is 5.43. The molecular weight excluding hydrogens is 446 g/mol. The molecule has 9 heteroatoms. The molecular formula is C26H23N5O4. The molecule has 0 spiro atoms. The lowest BCUT2D eigenvalue weighted by Crippen LogP contribution is -2.17. The van der Waals surface area contributed by atoms with Gasteiger partial charge in [0.25, 0.3) is 11.4 Å². The smallest absolute Gasteiger partial charge is 0.260 e. The highest BCUT2D eigenvalue weighted by atomic mass is 16.5. The predicted octanol–water partition coefficient (Wildman–Crippen LogP) is 3.75. The first kappa shape index (κ1) is 22.1. The Morgan fingerprint density at radius 3 is 2.54 bits per heavy atom. The zero-order chi connectivity index (χ0) is 24.2. The molecule has 4 heterocycles. The van der Waals surface area contributed by atoms with Crippen molar-refractivity contribution in [3.63, 3.8) is 0 Å². The molecule has 5 rings (SSSR count). The van der Waals surface area contributed by atoms with E-state index in [9.17, 15) is 4.79 Å². The lowest BCUT2D eigenvalue weighted by atomic mass is 10.2. The van der Waals surface area contributed by atoms with Crippen LogP contribution in [-0.4, -0.2) is 31.3 Å². The molecule has 0 amide bonds. The summed E-state index contributed by atoms with van der Waals surface area (Å²) >= 11 is 0. The van der Waals surface area contributed by atoms with Gasteiger partial charge < -0.3 is 14.2 Å². The van der Waals surface area contributed by atoms with E-state index in [1.165, 1.54) is 4.40 Å². The first-order valence-electron chi connectivity index (χ1n) is 11.0. The molecule has 0 atom stereocenters. The first-order chi connectivity index (χ1) is 17.1. The van der Waals surface area contributed by atoms with Crippen molar-refractivity contribution in [3.05, 3.63) is 107 Å². The zero-order valence-corrected chi connectivity index (χ0v) is 19.3. The Kier molecular flexibility index (Phi) is 6.13. The first-order valence-corrected chi connectivity index (χ1v) is 11.0. The summed E-state index contributed by atoms with van der Waals surface area (Å²) in [5, 5.41) is 4.23. The minimum Gasteiger partial charge on any atom is -0.491 e. The highest BCUT2D eigenvalue weighted by Crippen LogP contribution is 2.26. The summed E-state index contributed by atoms with van der Waals surface area (Å²) in [6.45, 7) is 2.32. The van der Waals surface area contributed by atoms with Gasteiger partial charge in [-0.15, -0.1) is 0 Å². The minimum atomic E-state index is -0.124. The predicted molar refractivity (Wildman–Crippen MR) is 129 cm³/mol. The number of aryl methyl sites for hydroxylation is 1. The van der Waals surface area contributed by atoms with E-state index in [1.54, 1.807) is 55.6 Å². The van der Waals surface area contributed by atoms with Crippen LogP contribution < -0.4 is 19.8 Å². The van der Waals surface area contributed by atoms with Gasteiger partial charge in [-0.05, 0) is 48.9 Å². The molecule has 4 aromatic heterocycles. The number of hydrogen-bond acceptors (Lipinski definition) is 7. The van der Waals surface area contributed by atoms with E-state index < -0.39 is 0 Å². The number of nitrogens with zero attached hydrogens (tertiary/aromatic N) is 5. The van der Waals surface area contributed by atoms with Crippen molar-refractivity contribution in [3.8, 4) is 23.1 Å². The summed E-state index contributed by atoms with van der Waals surface area (Å²) in [5.41, 5.74) is 3.77. The van der Waals surface area contributed by atoms with Crippen molar-refractivity contribution < 1.29 is 14.2 Å². The summed E-state index contributed by atoms with van der Waals surface area (Å²) in [7, 11) is 1.57. The molecule has 0 saturated carbocycles. The van der Waals surface area contributed by atoms with Crippen LogP contribution in [0.5, 0.6) is 17.4 Å². The van der Waals surface area contributed by atoms with Crippen molar-refractivity contribution in [1.29, 1.82) is 0 Å². The molecule has 35 heavy (non-hydrogen) atoms. The van der Waals surface area contributed by atoms with Gasteiger partial charge in [-0.3, -0.25) is 9.20 Å². The van der Waals surface area contributed by atoms with Gasteiger partial charge in [0.15, 0.2) is 5.75 Å². The van der Waals surface area contributed by atoms with Crippen LogP contribution in [0.3, 0.4) is 0 Å². The molecule has 9 nitrogen and oxygen atoms in total. The van der Waals surface area contributed by atoms with Gasteiger partial charge in [0.1, 0.15) is 24.6 Å². The van der Waals surface area contributed by atoms with Gasteiger partial charge in [0.05, 0.1) is 19.0 Å². The maximum atomic E-state index is 12.3. The minimum absolute atomic E-state index is 0.124. The molecule has 5 aromatic rings. The van der Waals surface area contributed by atoms with Crippen LogP contribution >= 0.6 is 0 Å². The topological polar surface area (TPSA) is 92.8 Å². The average Bonchev–Trinajstić information content (AvgIpc) is 3.44.